The average Bonchev–Trinajstić information content (AvgIpc) is 2.88. The smallest absolute Gasteiger partial charge is 0.284 e. The first-order valence-corrected chi connectivity index (χ1v) is 8.54. The van der Waals surface area contributed by atoms with Gasteiger partial charge in [-0.15, -0.1) is 0 Å². The Bertz CT molecular complexity index is 905. The van der Waals surface area contributed by atoms with Crippen LogP contribution in [-0.4, -0.2) is 17.5 Å². The predicted molar refractivity (Wildman–Crippen MR) is 99.2 cm³/mol. The molecule has 0 saturated heterocycles. The van der Waals surface area contributed by atoms with E-state index in [1.165, 1.54) is 0 Å². The van der Waals surface area contributed by atoms with Crippen LogP contribution in [0.5, 0.6) is 0 Å². The SMILES string of the molecule is Cc1ccc(C(=O)N/N=C2\CC(C)(C)Cc3oc(C(N)=O)c(C)c32)cc1. The van der Waals surface area contributed by atoms with Gasteiger partial charge >= 0.3 is 0 Å². The Morgan fingerprint density at radius 1 is 1.15 bits per heavy atom. The zero-order chi connectivity index (χ0) is 19.1. The molecule has 2 aromatic rings. The lowest BCUT2D eigenvalue weighted by Crippen LogP contribution is -2.29. The fraction of sp³-hybridized carbons (Fsp3) is 0.350. The van der Waals surface area contributed by atoms with E-state index in [1.54, 1.807) is 19.1 Å². The molecule has 3 N–H and O–H groups in total. The summed E-state index contributed by atoms with van der Waals surface area (Å²) in [5.41, 5.74) is 11.7. The molecule has 2 amide bonds. The molecule has 3 rings (SSSR count). The van der Waals surface area contributed by atoms with Gasteiger partial charge in [0.25, 0.3) is 11.8 Å². The fourth-order valence-corrected chi connectivity index (χ4v) is 3.33. The molecule has 26 heavy (non-hydrogen) atoms. The molecule has 1 aromatic carbocycles. The summed E-state index contributed by atoms with van der Waals surface area (Å²) >= 11 is 0. The maximum Gasteiger partial charge on any atom is 0.284 e. The number of aryl methyl sites for hydroxylation is 1. The molecule has 6 nitrogen and oxygen atoms in total. The average molecular weight is 353 g/mol. The zero-order valence-corrected chi connectivity index (χ0v) is 15.5. The minimum Gasteiger partial charge on any atom is -0.455 e. The van der Waals surface area contributed by atoms with Crippen LogP contribution in [0, 0.1) is 19.3 Å². The first-order chi connectivity index (χ1) is 12.2. The first-order valence-electron chi connectivity index (χ1n) is 8.54. The quantitative estimate of drug-likeness (QED) is 0.830. The molecule has 0 atom stereocenters. The van der Waals surface area contributed by atoms with Crippen molar-refractivity contribution in [1.82, 2.24) is 5.43 Å². The van der Waals surface area contributed by atoms with E-state index < -0.39 is 5.91 Å². The van der Waals surface area contributed by atoms with E-state index >= 15 is 0 Å². The van der Waals surface area contributed by atoms with Crippen molar-refractivity contribution >= 4 is 17.5 Å². The second kappa shape index (κ2) is 6.44. The van der Waals surface area contributed by atoms with Gasteiger partial charge in [-0.3, -0.25) is 9.59 Å². The number of fused-ring (bicyclic) bond motifs is 1. The Balaban J connectivity index is 1.94. The van der Waals surface area contributed by atoms with Crippen LogP contribution < -0.4 is 11.2 Å². The Kier molecular flexibility index (Phi) is 4.44. The van der Waals surface area contributed by atoms with Crippen molar-refractivity contribution in [2.45, 2.75) is 40.5 Å². The van der Waals surface area contributed by atoms with E-state index in [2.05, 4.69) is 24.4 Å². The van der Waals surface area contributed by atoms with Crippen molar-refractivity contribution in [2.75, 3.05) is 0 Å². The third kappa shape index (κ3) is 3.40. The van der Waals surface area contributed by atoms with Crippen LogP contribution in [-0.2, 0) is 6.42 Å². The van der Waals surface area contributed by atoms with Crippen LogP contribution in [0.3, 0.4) is 0 Å². The lowest BCUT2D eigenvalue weighted by molar-refractivity contribution is 0.0952. The van der Waals surface area contributed by atoms with Gasteiger partial charge in [0.05, 0.1) is 5.71 Å². The minimum absolute atomic E-state index is 0.0976. The van der Waals surface area contributed by atoms with E-state index in [-0.39, 0.29) is 17.1 Å². The molecular weight excluding hydrogens is 330 g/mol. The fourth-order valence-electron chi connectivity index (χ4n) is 3.33. The van der Waals surface area contributed by atoms with E-state index in [9.17, 15) is 9.59 Å². The number of rotatable bonds is 3. The van der Waals surface area contributed by atoms with Crippen LogP contribution in [0.15, 0.2) is 33.8 Å². The highest BCUT2D eigenvalue weighted by Crippen LogP contribution is 2.38. The number of hydrazone groups is 1. The standard InChI is InChI=1S/C20H23N3O3/c1-11-5-7-13(8-6-11)19(25)23-22-14-9-20(3,4)10-15-16(14)12(2)17(26-15)18(21)24/h5-8H,9-10H2,1-4H3,(H2,21,24)(H,23,25)/b22-14+. The highest BCUT2D eigenvalue weighted by Gasteiger charge is 2.35. The molecule has 0 fully saturated rings. The van der Waals surface area contributed by atoms with Crippen molar-refractivity contribution in [2.24, 2.45) is 16.3 Å². The van der Waals surface area contributed by atoms with Gasteiger partial charge in [0, 0.05) is 23.1 Å². The largest absolute Gasteiger partial charge is 0.455 e. The van der Waals surface area contributed by atoms with Crippen LogP contribution in [0.1, 0.15) is 63.6 Å². The molecule has 0 radical (unpaired) electrons. The Morgan fingerprint density at radius 3 is 2.42 bits per heavy atom. The van der Waals surface area contributed by atoms with E-state index in [4.69, 9.17) is 10.2 Å². The topological polar surface area (TPSA) is 97.7 Å². The molecule has 6 heteroatoms. The molecule has 1 aromatic heterocycles. The molecule has 0 saturated carbocycles. The summed E-state index contributed by atoms with van der Waals surface area (Å²) in [6, 6.07) is 7.28. The number of amides is 2. The summed E-state index contributed by atoms with van der Waals surface area (Å²) in [4.78, 5) is 24.0. The van der Waals surface area contributed by atoms with Gasteiger partial charge < -0.3 is 10.2 Å². The number of nitrogens with zero attached hydrogens (tertiary/aromatic N) is 1. The molecule has 0 unspecified atom stereocenters. The van der Waals surface area contributed by atoms with Gasteiger partial charge in [-0.05, 0) is 37.8 Å². The van der Waals surface area contributed by atoms with Gasteiger partial charge in [0.2, 0.25) is 0 Å². The summed E-state index contributed by atoms with van der Waals surface area (Å²) in [5.74, 6) is -0.0300. The van der Waals surface area contributed by atoms with Crippen molar-refractivity contribution in [3.8, 4) is 0 Å². The third-order valence-corrected chi connectivity index (χ3v) is 4.62. The Hall–Kier alpha value is -2.89. The first kappa shape index (κ1) is 17.9. The molecule has 0 bridgehead atoms. The number of carbonyl (C=O) groups is 2. The lowest BCUT2D eigenvalue weighted by atomic mass is 9.75. The Morgan fingerprint density at radius 2 is 1.81 bits per heavy atom. The molecule has 1 aliphatic rings. The van der Waals surface area contributed by atoms with Gasteiger partial charge in [-0.2, -0.15) is 5.10 Å². The number of nitrogens with two attached hydrogens (primary N) is 1. The molecule has 1 heterocycles. The number of hydrogen-bond donors (Lipinski definition) is 2. The maximum absolute atomic E-state index is 12.4. The number of nitrogens with one attached hydrogen (secondary N) is 1. The maximum atomic E-state index is 12.4. The van der Waals surface area contributed by atoms with E-state index in [0.717, 1.165) is 11.1 Å². The number of carbonyl (C=O) groups excluding carboxylic acids is 2. The molecule has 0 spiro atoms. The third-order valence-electron chi connectivity index (χ3n) is 4.62. The van der Waals surface area contributed by atoms with E-state index in [1.807, 2.05) is 19.1 Å². The molecule has 1 aliphatic carbocycles. The Labute approximate surface area is 152 Å². The molecular formula is C20H23N3O3. The van der Waals surface area contributed by atoms with Crippen LogP contribution in [0.4, 0.5) is 0 Å². The summed E-state index contributed by atoms with van der Waals surface area (Å²) in [6.45, 7) is 7.94. The molecule has 136 valence electrons. The summed E-state index contributed by atoms with van der Waals surface area (Å²) < 4.78 is 5.70. The van der Waals surface area contributed by atoms with E-state index in [0.29, 0.717) is 35.4 Å². The van der Waals surface area contributed by atoms with Gasteiger partial charge in [0.15, 0.2) is 5.76 Å². The van der Waals surface area contributed by atoms with Crippen molar-refractivity contribution in [3.63, 3.8) is 0 Å². The van der Waals surface area contributed by atoms with Crippen LogP contribution in [0.25, 0.3) is 0 Å². The van der Waals surface area contributed by atoms with Crippen molar-refractivity contribution in [1.29, 1.82) is 0 Å². The monoisotopic (exact) mass is 353 g/mol. The predicted octanol–water partition coefficient (Wildman–Crippen LogP) is 3.10. The van der Waals surface area contributed by atoms with Crippen LogP contribution in [0.2, 0.25) is 0 Å². The summed E-state index contributed by atoms with van der Waals surface area (Å²) in [5, 5.41) is 4.36. The van der Waals surface area contributed by atoms with Gasteiger partial charge in [-0.1, -0.05) is 31.5 Å². The van der Waals surface area contributed by atoms with Crippen molar-refractivity contribution in [3.05, 3.63) is 58.0 Å². The van der Waals surface area contributed by atoms with Crippen LogP contribution >= 0.6 is 0 Å². The van der Waals surface area contributed by atoms with Gasteiger partial charge in [-0.25, -0.2) is 5.43 Å². The number of hydrogen-bond acceptors (Lipinski definition) is 4. The molecule has 0 aliphatic heterocycles. The second-order valence-corrected chi connectivity index (χ2v) is 7.60. The van der Waals surface area contributed by atoms with Crippen molar-refractivity contribution < 1.29 is 14.0 Å². The summed E-state index contributed by atoms with van der Waals surface area (Å²) in [7, 11) is 0. The lowest BCUT2D eigenvalue weighted by Gasteiger charge is -2.29. The van der Waals surface area contributed by atoms with Gasteiger partial charge in [0.1, 0.15) is 5.76 Å². The second-order valence-electron chi connectivity index (χ2n) is 7.60. The zero-order valence-electron chi connectivity index (χ0n) is 15.5. The number of primary amides is 1. The highest BCUT2D eigenvalue weighted by molar-refractivity contribution is 6.07. The normalized spacial score (nSPS) is 17.0. The number of furan rings is 1. The summed E-state index contributed by atoms with van der Waals surface area (Å²) in [6.07, 6.45) is 1.34. The highest BCUT2D eigenvalue weighted by atomic mass is 16.4. The number of benzene rings is 1. The minimum atomic E-state index is -0.599.